The third-order valence-corrected chi connectivity index (χ3v) is 3.90. The molecule has 8 nitrogen and oxygen atoms in total. The van der Waals surface area contributed by atoms with Crippen molar-refractivity contribution in [1.29, 1.82) is 0 Å². The van der Waals surface area contributed by atoms with Crippen molar-refractivity contribution in [3.63, 3.8) is 0 Å². The Morgan fingerprint density at radius 3 is 1.86 bits per heavy atom. The number of rotatable bonds is 10. The number of aliphatic hydroxyl groups is 3. The summed E-state index contributed by atoms with van der Waals surface area (Å²) >= 11 is 0. The monoisotopic (exact) mass is 432 g/mol. The van der Waals surface area contributed by atoms with Crippen LogP contribution in [0.2, 0.25) is 0 Å². The van der Waals surface area contributed by atoms with Gasteiger partial charge in [-0.2, -0.15) is 0 Å². The normalized spacial score (nSPS) is 27.2. The average molecular weight is 433 g/mol. The van der Waals surface area contributed by atoms with Gasteiger partial charge in [0.2, 0.25) is 0 Å². The lowest BCUT2D eigenvalue weighted by Crippen LogP contribution is -2.59. The Morgan fingerprint density at radius 1 is 0.821 bits per heavy atom. The highest BCUT2D eigenvalue weighted by molar-refractivity contribution is 7.45. The van der Waals surface area contributed by atoms with Gasteiger partial charge in [-0.1, -0.05) is 41.5 Å². The second-order valence-electron chi connectivity index (χ2n) is 5.20. The molecule has 0 aromatic carbocycles. The summed E-state index contributed by atoms with van der Waals surface area (Å²) in [6, 6.07) is 0. The van der Waals surface area contributed by atoms with Crippen molar-refractivity contribution in [1.82, 2.24) is 0 Å². The smallest absolute Gasteiger partial charge is 0.186 e. The number of hydrogen-bond acceptors (Lipinski definition) is 8. The van der Waals surface area contributed by atoms with Crippen molar-refractivity contribution in [2.75, 3.05) is 33.6 Å². The van der Waals surface area contributed by atoms with E-state index >= 15 is 0 Å². The molecule has 1 aliphatic rings. The van der Waals surface area contributed by atoms with Gasteiger partial charge in [-0.05, 0) is 19.3 Å². The fraction of sp³-hybridized carbons (Fsp3) is 1.00. The van der Waals surface area contributed by atoms with Crippen molar-refractivity contribution in [2.45, 2.75) is 91.5 Å². The number of hydrogen-bond donors (Lipinski definition) is 4. The summed E-state index contributed by atoms with van der Waals surface area (Å²) in [5.74, 6) is 0. The minimum absolute atomic E-state index is 0.101. The van der Waals surface area contributed by atoms with Crippen LogP contribution in [0.3, 0.4) is 0 Å². The summed E-state index contributed by atoms with van der Waals surface area (Å²) in [6.45, 7) is 14.6. The van der Waals surface area contributed by atoms with E-state index in [0.717, 1.165) is 19.3 Å². The van der Waals surface area contributed by atoms with Crippen LogP contribution in [-0.4, -0.2) is 84.5 Å². The Kier molecular flexibility index (Phi) is 27.4. The molecule has 0 amide bonds. The van der Waals surface area contributed by atoms with Crippen molar-refractivity contribution >= 4 is 8.38 Å². The van der Waals surface area contributed by atoms with Crippen LogP contribution in [0.25, 0.3) is 0 Å². The average Bonchev–Trinajstić information content (AvgIpc) is 2.73. The highest BCUT2D eigenvalue weighted by Crippen LogP contribution is 2.25. The highest BCUT2D eigenvalue weighted by Gasteiger charge is 2.44. The van der Waals surface area contributed by atoms with E-state index in [1.165, 1.54) is 7.11 Å². The summed E-state index contributed by atoms with van der Waals surface area (Å²) in [4.78, 5) is 8.99. The zero-order chi connectivity index (χ0) is 22.5. The molecular weight excluding hydrogens is 387 g/mol. The number of unbranched alkanes of at least 4 members (excludes halogenated alkanes) is 2. The fourth-order valence-corrected chi connectivity index (χ4v) is 2.53. The number of methoxy groups -OCH3 is 1. The molecule has 0 radical (unpaired) electrons. The van der Waals surface area contributed by atoms with Gasteiger partial charge in [0.1, 0.15) is 24.4 Å². The minimum Gasteiger partial charge on any atom is -0.387 e. The van der Waals surface area contributed by atoms with E-state index in [0.29, 0.717) is 13.2 Å². The predicted molar refractivity (Wildman–Crippen MR) is 113 cm³/mol. The minimum atomic E-state index is -1.33. The zero-order valence-electron chi connectivity index (χ0n) is 19.0. The first kappa shape index (κ1) is 32.8. The molecule has 1 rings (SSSR count). The summed E-state index contributed by atoms with van der Waals surface area (Å²) < 4.78 is 20.8. The molecule has 0 bridgehead atoms. The Hall–Kier alpha value is 0.110. The summed E-state index contributed by atoms with van der Waals surface area (Å²) in [6.07, 6.45) is -3.20. The summed E-state index contributed by atoms with van der Waals surface area (Å²) in [7, 11) is 0.151. The van der Waals surface area contributed by atoms with Gasteiger partial charge in [-0.3, -0.25) is 0 Å². The van der Waals surface area contributed by atoms with Crippen LogP contribution in [0.1, 0.15) is 60.8 Å². The zero-order valence-corrected chi connectivity index (χ0v) is 19.9. The van der Waals surface area contributed by atoms with Crippen LogP contribution in [0.5, 0.6) is 0 Å². The molecule has 6 unspecified atom stereocenters. The van der Waals surface area contributed by atoms with Crippen molar-refractivity contribution in [2.24, 2.45) is 0 Å². The van der Waals surface area contributed by atoms with Crippen molar-refractivity contribution in [3.05, 3.63) is 0 Å². The second kappa shape index (κ2) is 23.4. The Bertz CT molecular complexity index is 297. The first-order valence-corrected chi connectivity index (χ1v) is 12.0. The lowest BCUT2D eigenvalue weighted by atomic mass is 9.99. The Balaban J connectivity index is -0.000000946. The van der Waals surface area contributed by atoms with E-state index in [2.05, 4.69) is 0 Å². The van der Waals surface area contributed by atoms with Crippen LogP contribution < -0.4 is 0 Å². The molecular formula is C19H45O8P. The van der Waals surface area contributed by atoms with Crippen LogP contribution in [-0.2, 0) is 18.7 Å². The summed E-state index contributed by atoms with van der Waals surface area (Å²) in [5.41, 5.74) is 0. The maximum Gasteiger partial charge on any atom is 0.186 e. The molecule has 28 heavy (non-hydrogen) atoms. The van der Waals surface area contributed by atoms with E-state index in [1.54, 1.807) is 6.66 Å². The van der Waals surface area contributed by atoms with Crippen molar-refractivity contribution < 1.29 is 38.9 Å². The predicted octanol–water partition coefficient (Wildman–Crippen LogP) is 2.66. The molecule has 6 atom stereocenters. The number of ether oxygens (including phenoxy) is 3. The van der Waals surface area contributed by atoms with E-state index < -0.39 is 39.1 Å². The van der Waals surface area contributed by atoms with Gasteiger partial charge in [0.05, 0.1) is 13.2 Å². The van der Waals surface area contributed by atoms with E-state index in [1.807, 2.05) is 41.5 Å². The molecule has 9 heteroatoms. The molecule has 0 spiro atoms. The topological polar surface area (TPSA) is 118 Å². The van der Waals surface area contributed by atoms with Crippen molar-refractivity contribution in [3.8, 4) is 0 Å². The van der Waals surface area contributed by atoms with E-state index in [9.17, 15) is 15.3 Å². The van der Waals surface area contributed by atoms with Gasteiger partial charge >= 0.3 is 0 Å². The molecule has 174 valence electrons. The molecule has 4 N–H and O–H groups in total. The molecule has 0 aromatic heterocycles. The van der Waals surface area contributed by atoms with Gasteiger partial charge in [0.25, 0.3) is 0 Å². The fourth-order valence-electron chi connectivity index (χ4n) is 2.13. The Morgan fingerprint density at radius 2 is 1.36 bits per heavy atom. The maximum absolute atomic E-state index is 9.85. The van der Waals surface area contributed by atoms with Crippen LogP contribution in [0, 0.1) is 0 Å². The number of aliphatic hydroxyl groups excluding tert-OH is 3. The van der Waals surface area contributed by atoms with Gasteiger partial charge in [-0.25, -0.2) is 0 Å². The molecule has 0 aromatic rings. The van der Waals surface area contributed by atoms with Crippen LogP contribution >= 0.6 is 8.38 Å². The SMILES string of the molecule is CC.CC.CC.COCC1OC(OCCCCCOP(C)O)C(O)C(O)C1O. The molecule has 1 heterocycles. The van der Waals surface area contributed by atoms with Gasteiger partial charge in [-0.15, -0.1) is 0 Å². The molecule has 1 aliphatic heterocycles. The second-order valence-corrected chi connectivity index (χ2v) is 6.39. The lowest BCUT2D eigenvalue weighted by Gasteiger charge is -2.40. The third-order valence-electron chi connectivity index (χ3n) is 3.35. The maximum atomic E-state index is 9.85. The standard InChI is InChI=1S/C13H27O8P.3C2H6/c1-18-8-9-10(14)11(15)12(16)13(21-9)19-6-4-3-5-7-20-22(2)17;3*1-2/h9-17H,3-8H2,1-2H3;3*1-2H3. The van der Waals surface area contributed by atoms with Gasteiger partial charge in [0.15, 0.2) is 14.7 Å². The van der Waals surface area contributed by atoms with Gasteiger partial charge in [0, 0.05) is 20.4 Å². The Labute approximate surface area is 173 Å². The quantitative estimate of drug-likeness (QED) is 0.307. The van der Waals surface area contributed by atoms with Crippen LogP contribution in [0.15, 0.2) is 0 Å². The molecule has 0 saturated carbocycles. The van der Waals surface area contributed by atoms with Gasteiger partial charge < -0.3 is 38.9 Å². The first-order chi connectivity index (χ1) is 13.5. The highest BCUT2D eigenvalue weighted by atomic mass is 31.2. The first-order valence-electron chi connectivity index (χ1n) is 10.3. The molecule has 1 saturated heterocycles. The largest absolute Gasteiger partial charge is 0.387 e. The molecule has 0 aliphatic carbocycles. The lowest BCUT2D eigenvalue weighted by molar-refractivity contribution is -0.302. The van der Waals surface area contributed by atoms with E-state index in [-0.39, 0.29) is 6.61 Å². The van der Waals surface area contributed by atoms with Crippen LogP contribution in [0.4, 0.5) is 0 Å². The molecule has 1 fully saturated rings. The third kappa shape index (κ3) is 15.0. The summed E-state index contributed by atoms with van der Waals surface area (Å²) in [5, 5.41) is 29.4. The van der Waals surface area contributed by atoms with E-state index in [4.69, 9.17) is 23.6 Å².